The first-order valence-electron chi connectivity index (χ1n) is 7.28. The highest BCUT2D eigenvalue weighted by atomic mass is 16.5. The van der Waals surface area contributed by atoms with Gasteiger partial charge < -0.3 is 15.2 Å². The van der Waals surface area contributed by atoms with Crippen molar-refractivity contribution in [1.29, 1.82) is 0 Å². The van der Waals surface area contributed by atoms with Gasteiger partial charge in [-0.05, 0) is 45.4 Å². The minimum atomic E-state index is -0.585. The van der Waals surface area contributed by atoms with Gasteiger partial charge in [0.25, 0.3) is 5.91 Å². The summed E-state index contributed by atoms with van der Waals surface area (Å²) in [5.74, 6) is 0.259. The van der Waals surface area contributed by atoms with Crippen LogP contribution in [0.2, 0.25) is 0 Å². The van der Waals surface area contributed by atoms with Crippen molar-refractivity contribution in [2.24, 2.45) is 5.92 Å². The fourth-order valence-electron chi connectivity index (χ4n) is 3.30. The van der Waals surface area contributed by atoms with Crippen molar-refractivity contribution in [3.63, 3.8) is 0 Å². The number of aliphatic hydroxyl groups excluding tert-OH is 1. The number of nitrogens with one attached hydrogen (secondary N) is 1. The highest BCUT2D eigenvalue weighted by Crippen LogP contribution is 2.33. The second kappa shape index (κ2) is 6.02. The normalized spacial score (nSPS) is 30.6. The molecule has 18 heavy (non-hydrogen) atoms. The average Bonchev–Trinajstić information content (AvgIpc) is 2.97. The zero-order chi connectivity index (χ0) is 13.0. The maximum atomic E-state index is 12.3. The Hall–Kier alpha value is -0.610. The van der Waals surface area contributed by atoms with E-state index in [9.17, 15) is 9.90 Å². The van der Waals surface area contributed by atoms with Crippen molar-refractivity contribution in [1.82, 2.24) is 5.32 Å². The number of hydrogen-bond donors (Lipinski definition) is 2. The standard InChI is InChI=1S/C14H25NO3/c1-2-18-14(8-3-4-9-14)13(17)15-10-11-6-5-7-12(11)16/h11-12,16H,2-10H2,1H3,(H,15,17)/t11-,12+/m0/s1. The van der Waals surface area contributed by atoms with E-state index in [2.05, 4.69) is 5.32 Å². The molecule has 2 aliphatic carbocycles. The molecule has 0 heterocycles. The number of amides is 1. The summed E-state index contributed by atoms with van der Waals surface area (Å²) in [4.78, 5) is 12.3. The largest absolute Gasteiger partial charge is 0.393 e. The molecule has 2 saturated carbocycles. The molecule has 104 valence electrons. The van der Waals surface area contributed by atoms with Crippen LogP contribution < -0.4 is 5.32 Å². The van der Waals surface area contributed by atoms with Gasteiger partial charge in [0.15, 0.2) is 0 Å². The lowest BCUT2D eigenvalue weighted by molar-refractivity contribution is -0.146. The van der Waals surface area contributed by atoms with Crippen LogP contribution in [0.25, 0.3) is 0 Å². The molecule has 4 heteroatoms. The van der Waals surface area contributed by atoms with Gasteiger partial charge in [-0.15, -0.1) is 0 Å². The molecular formula is C14H25NO3. The van der Waals surface area contributed by atoms with Crippen molar-refractivity contribution in [3.05, 3.63) is 0 Å². The van der Waals surface area contributed by atoms with Gasteiger partial charge in [-0.3, -0.25) is 4.79 Å². The molecular weight excluding hydrogens is 230 g/mol. The predicted molar refractivity (Wildman–Crippen MR) is 69.2 cm³/mol. The van der Waals surface area contributed by atoms with Gasteiger partial charge in [0.1, 0.15) is 5.60 Å². The Bertz CT molecular complexity index is 287. The Morgan fingerprint density at radius 3 is 2.61 bits per heavy atom. The van der Waals surface area contributed by atoms with E-state index >= 15 is 0 Å². The minimum absolute atomic E-state index is 0.0287. The van der Waals surface area contributed by atoms with Gasteiger partial charge in [0, 0.05) is 19.1 Å². The highest BCUT2D eigenvalue weighted by Gasteiger charge is 2.42. The molecule has 2 atom stereocenters. The lowest BCUT2D eigenvalue weighted by Gasteiger charge is -2.28. The number of aliphatic hydroxyl groups is 1. The number of hydrogen-bond acceptors (Lipinski definition) is 3. The van der Waals surface area contributed by atoms with Crippen LogP contribution in [0.3, 0.4) is 0 Å². The van der Waals surface area contributed by atoms with E-state index in [0.717, 1.165) is 44.9 Å². The van der Waals surface area contributed by atoms with Crippen molar-refractivity contribution >= 4 is 5.91 Å². The van der Waals surface area contributed by atoms with Crippen molar-refractivity contribution in [3.8, 4) is 0 Å². The van der Waals surface area contributed by atoms with E-state index in [-0.39, 0.29) is 17.9 Å². The summed E-state index contributed by atoms with van der Waals surface area (Å²) in [6.45, 7) is 3.11. The zero-order valence-corrected chi connectivity index (χ0v) is 11.3. The first kappa shape index (κ1) is 13.8. The fourth-order valence-corrected chi connectivity index (χ4v) is 3.30. The summed E-state index contributed by atoms with van der Waals surface area (Å²) in [5, 5.41) is 12.8. The Labute approximate surface area is 109 Å². The van der Waals surface area contributed by atoms with Gasteiger partial charge in [-0.1, -0.05) is 6.42 Å². The Morgan fingerprint density at radius 1 is 1.33 bits per heavy atom. The van der Waals surface area contributed by atoms with Crippen LogP contribution in [0.1, 0.15) is 51.9 Å². The van der Waals surface area contributed by atoms with Crippen molar-refractivity contribution < 1.29 is 14.6 Å². The van der Waals surface area contributed by atoms with Crippen LogP contribution in [-0.2, 0) is 9.53 Å². The van der Waals surface area contributed by atoms with E-state index in [0.29, 0.717) is 13.2 Å². The molecule has 0 unspecified atom stereocenters. The predicted octanol–water partition coefficient (Wildman–Crippen LogP) is 1.61. The highest BCUT2D eigenvalue weighted by molar-refractivity contribution is 5.85. The van der Waals surface area contributed by atoms with E-state index in [1.165, 1.54) is 0 Å². The maximum absolute atomic E-state index is 12.3. The van der Waals surface area contributed by atoms with Crippen LogP contribution >= 0.6 is 0 Å². The van der Waals surface area contributed by atoms with Gasteiger partial charge >= 0.3 is 0 Å². The summed E-state index contributed by atoms with van der Waals surface area (Å²) in [6.07, 6.45) is 6.52. The molecule has 2 N–H and O–H groups in total. The molecule has 0 bridgehead atoms. The van der Waals surface area contributed by atoms with Crippen LogP contribution in [0, 0.1) is 5.92 Å². The molecule has 2 rings (SSSR count). The summed E-state index contributed by atoms with van der Waals surface area (Å²) < 4.78 is 5.72. The Morgan fingerprint density at radius 2 is 2.06 bits per heavy atom. The van der Waals surface area contributed by atoms with Crippen LogP contribution in [-0.4, -0.2) is 35.9 Å². The zero-order valence-electron chi connectivity index (χ0n) is 11.3. The molecule has 2 fully saturated rings. The summed E-state index contributed by atoms with van der Waals surface area (Å²) >= 11 is 0. The van der Waals surface area contributed by atoms with E-state index in [4.69, 9.17) is 4.74 Å². The minimum Gasteiger partial charge on any atom is -0.393 e. The van der Waals surface area contributed by atoms with E-state index in [1.54, 1.807) is 0 Å². The molecule has 0 saturated heterocycles. The van der Waals surface area contributed by atoms with E-state index < -0.39 is 5.60 Å². The number of carbonyl (C=O) groups excluding carboxylic acids is 1. The molecule has 0 aromatic heterocycles. The number of ether oxygens (including phenoxy) is 1. The quantitative estimate of drug-likeness (QED) is 0.784. The fraction of sp³-hybridized carbons (Fsp3) is 0.929. The summed E-state index contributed by atoms with van der Waals surface area (Å²) in [6, 6.07) is 0. The first-order chi connectivity index (χ1) is 8.68. The van der Waals surface area contributed by atoms with Gasteiger partial charge in [0.2, 0.25) is 0 Å². The molecule has 1 amide bonds. The van der Waals surface area contributed by atoms with E-state index in [1.807, 2.05) is 6.92 Å². The molecule has 0 spiro atoms. The summed E-state index contributed by atoms with van der Waals surface area (Å²) in [5.41, 5.74) is -0.585. The second-order valence-electron chi connectivity index (χ2n) is 5.60. The smallest absolute Gasteiger partial charge is 0.252 e. The van der Waals surface area contributed by atoms with Crippen LogP contribution in [0.4, 0.5) is 0 Å². The number of carbonyl (C=O) groups is 1. The topological polar surface area (TPSA) is 58.6 Å². The summed E-state index contributed by atoms with van der Waals surface area (Å²) in [7, 11) is 0. The monoisotopic (exact) mass is 255 g/mol. The molecule has 0 aromatic rings. The maximum Gasteiger partial charge on any atom is 0.252 e. The van der Waals surface area contributed by atoms with Gasteiger partial charge in [-0.25, -0.2) is 0 Å². The van der Waals surface area contributed by atoms with Crippen LogP contribution in [0.15, 0.2) is 0 Å². The molecule has 0 radical (unpaired) electrons. The Kier molecular flexibility index (Phi) is 4.62. The third kappa shape index (κ3) is 2.86. The third-order valence-corrected chi connectivity index (χ3v) is 4.39. The lowest BCUT2D eigenvalue weighted by atomic mass is 9.99. The number of rotatable bonds is 5. The van der Waals surface area contributed by atoms with Gasteiger partial charge in [-0.2, -0.15) is 0 Å². The average molecular weight is 255 g/mol. The SMILES string of the molecule is CCOC1(C(=O)NC[C@@H]2CCC[C@H]2O)CCCC1. The third-order valence-electron chi connectivity index (χ3n) is 4.39. The second-order valence-corrected chi connectivity index (χ2v) is 5.60. The first-order valence-corrected chi connectivity index (χ1v) is 7.28. The molecule has 0 aliphatic heterocycles. The molecule has 0 aromatic carbocycles. The molecule has 2 aliphatic rings. The lowest BCUT2D eigenvalue weighted by Crippen LogP contribution is -2.48. The van der Waals surface area contributed by atoms with Crippen LogP contribution in [0.5, 0.6) is 0 Å². The van der Waals surface area contributed by atoms with Crippen molar-refractivity contribution in [2.45, 2.75) is 63.6 Å². The van der Waals surface area contributed by atoms with Gasteiger partial charge in [0.05, 0.1) is 6.10 Å². The van der Waals surface area contributed by atoms with Crippen molar-refractivity contribution in [2.75, 3.05) is 13.2 Å². The Balaban J connectivity index is 1.85. The molecule has 4 nitrogen and oxygen atoms in total.